The van der Waals surface area contributed by atoms with Crippen molar-refractivity contribution in [3.8, 4) is 0 Å². The minimum absolute atomic E-state index is 0.00870. The van der Waals surface area contributed by atoms with E-state index in [1.165, 1.54) is 25.7 Å². The molecule has 0 radical (unpaired) electrons. The highest BCUT2D eigenvalue weighted by atomic mass is 32.2. The first-order chi connectivity index (χ1) is 7.68. The summed E-state index contributed by atoms with van der Waals surface area (Å²) in [6.45, 7) is 2.19. The third-order valence-electron chi connectivity index (χ3n) is 6.42. The molecule has 0 saturated heterocycles. The van der Waals surface area contributed by atoms with Crippen LogP contribution in [-0.2, 0) is 11.1 Å². The zero-order valence-corrected chi connectivity index (χ0v) is 10.5. The topological polar surface area (TPSA) is 40.1 Å². The van der Waals surface area contributed by atoms with E-state index in [-0.39, 0.29) is 5.25 Å². The molecule has 4 saturated carbocycles. The number of hydrogen-bond acceptors (Lipinski definition) is 2. The molecule has 9 unspecified atom stereocenters. The van der Waals surface area contributed by atoms with Crippen molar-refractivity contribution in [2.75, 3.05) is 0 Å². The lowest BCUT2D eigenvalue weighted by molar-refractivity contribution is 0.114. The van der Waals surface area contributed by atoms with Gasteiger partial charge in [0.05, 0.1) is 0 Å². The van der Waals surface area contributed by atoms with Crippen molar-refractivity contribution < 1.29 is 8.76 Å². The van der Waals surface area contributed by atoms with Gasteiger partial charge in [-0.3, -0.25) is 4.21 Å². The van der Waals surface area contributed by atoms with Crippen molar-refractivity contribution in [1.29, 1.82) is 0 Å². The summed E-state index contributed by atoms with van der Waals surface area (Å²) in [6.07, 6.45) is 5.48. The van der Waals surface area contributed by atoms with Gasteiger partial charge in [0, 0.05) is 5.25 Å². The average molecular weight is 239 g/mol. The Hall–Kier alpha value is 0.110. The van der Waals surface area contributed by atoms with E-state index < -0.39 is 11.1 Å². The molecule has 90 valence electrons. The molecule has 0 aromatic carbocycles. The first kappa shape index (κ1) is 10.1. The lowest BCUT2D eigenvalue weighted by Gasteiger charge is -2.42. The molecule has 0 aromatic heterocycles. The van der Waals surface area contributed by atoms with Gasteiger partial charge < -0.3 is 4.55 Å². The van der Waals surface area contributed by atoms with Crippen LogP contribution in [0.15, 0.2) is 0 Å². The van der Waals surface area contributed by atoms with E-state index >= 15 is 0 Å². The number of rotatable bonds is 1. The van der Waals surface area contributed by atoms with Gasteiger partial charge in [0.2, 0.25) is 0 Å². The Balaban J connectivity index is 1.72. The second kappa shape index (κ2) is 3.11. The molecule has 3 heteroatoms. The standard InChI is InChI=1S/C13H20O2S/c1-6-9-5-10(13(6)16(14)15)12-8-3-2-7(4-8)11(9)12/h6-13H,2-5H2,1H3,(H,14,15)/p-1. The van der Waals surface area contributed by atoms with Gasteiger partial charge in [-0.15, -0.1) is 0 Å². The largest absolute Gasteiger partial charge is 0.772 e. The predicted molar refractivity (Wildman–Crippen MR) is 61.3 cm³/mol. The lowest BCUT2D eigenvalue weighted by atomic mass is 9.68. The first-order valence-electron chi connectivity index (χ1n) is 6.76. The molecule has 2 nitrogen and oxygen atoms in total. The summed E-state index contributed by atoms with van der Waals surface area (Å²) < 4.78 is 22.8. The van der Waals surface area contributed by atoms with E-state index in [9.17, 15) is 8.76 Å². The Kier molecular flexibility index (Phi) is 1.96. The molecule has 4 bridgehead atoms. The second-order valence-electron chi connectivity index (χ2n) is 6.64. The van der Waals surface area contributed by atoms with Crippen molar-refractivity contribution in [3.05, 3.63) is 0 Å². The van der Waals surface area contributed by atoms with Crippen LogP contribution < -0.4 is 0 Å². The van der Waals surface area contributed by atoms with Crippen molar-refractivity contribution in [3.63, 3.8) is 0 Å². The molecule has 4 rings (SSSR count). The van der Waals surface area contributed by atoms with E-state index in [0.29, 0.717) is 11.8 Å². The van der Waals surface area contributed by atoms with Crippen molar-refractivity contribution in [1.82, 2.24) is 0 Å². The molecular formula is C13H19O2S-. The van der Waals surface area contributed by atoms with Crippen LogP contribution in [0.1, 0.15) is 32.6 Å². The van der Waals surface area contributed by atoms with E-state index in [1.54, 1.807) is 0 Å². The molecular weight excluding hydrogens is 220 g/mol. The lowest BCUT2D eigenvalue weighted by Crippen LogP contribution is -2.42. The fourth-order valence-electron chi connectivity index (χ4n) is 6.15. The van der Waals surface area contributed by atoms with Crippen LogP contribution in [0.3, 0.4) is 0 Å². The Bertz CT molecular complexity index is 356. The summed E-state index contributed by atoms with van der Waals surface area (Å²) in [5.41, 5.74) is 0. The molecule has 0 aliphatic heterocycles. The molecule has 0 N–H and O–H groups in total. The second-order valence-corrected chi connectivity index (χ2v) is 7.70. The molecule has 4 aliphatic rings. The van der Waals surface area contributed by atoms with Crippen molar-refractivity contribution in [2.24, 2.45) is 41.4 Å². The Morgan fingerprint density at radius 3 is 2.31 bits per heavy atom. The highest BCUT2D eigenvalue weighted by molar-refractivity contribution is 7.79. The molecule has 4 aliphatic carbocycles. The first-order valence-corrected chi connectivity index (χ1v) is 7.90. The fraction of sp³-hybridized carbons (Fsp3) is 1.00. The zero-order chi connectivity index (χ0) is 11.0. The Morgan fingerprint density at radius 1 is 1.06 bits per heavy atom. The van der Waals surface area contributed by atoms with E-state index in [1.807, 2.05) is 0 Å². The molecule has 0 spiro atoms. The van der Waals surface area contributed by atoms with Gasteiger partial charge in [0.1, 0.15) is 0 Å². The van der Waals surface area contributed by atoms with E-state index in [0.717, 1.165) is 29.6 Å². The van der Waals surface area contributed by atoms with Gasteiger partial charge in [0.15, 0.2) is 0 Å². The minimum Gasteiger partial charge on any atom is -0.772 e. The number of hydrogen-bond donors (Lipinski definition) is 0. The Morgan fingerprint density at radius 2 is 1.69 bits per heavy atom. The van der Waals surface area contributed by atoms with Crippen LogP contribution >= 0.6 is 0 Å². The van der Waals surface area contributed by atoms with Gasteiger partial charge in [0.25, 0.3) is 0 Å². The summed E-state index contributed by atoms with van der Waals surface area (Å²) in [5.74, 6) is 5.27. The summed E-state index contributed by atoms with van der Waals surface area (Å²) in [4.78, 5) is 0. The normalized spacial score (nSPS) is 63.9. The molecule has 0 amide bonds. The summed E-state index contributed by atoms with van der Waals surface area (Å²) in [6, 6.07) is 0. The van der Waals surface area contributed by atoms with Crippen LogP contribution in [0.5, 0.6) is 0 Å². The van der Waals surface area contributed by atoms with Gasteiger partial charge in [-0.1, -0.05) is 18.0 Å². The summed E-state index contributed by atoms with van der Waals surface area (Å²) in [7, 11) is 0. The molecule has 16 heavy (non-hydrogen) atoms. The van der Waals surface area contributed by atoms with Crippen molar-refractivity contribution in [2.45, 2.75) is 37.9 Å². The average Bonchev–Trinajstić information content (AvgIpc) is 2.92. The fourth-order valence-corrected chi connectivity index (χ4v) is 7.28. The van der Waals surface area contributed by atoms with E-state index in [4.69, 9.17) is 0 Å². The molecule has 4 fully saturated rings. The van der Waals surface area contributed by atoms with Gasteiger partial charge in [-0.25, -0.2) is 0 Å². The van der Waals surface area contributed by atoms with Gasteiger partial charge in [-0.05, 0) is 67.1 Å². The smallest absolute Gasteiger partial charge is 0.0275 e. The number of fused-ring (bicyclic) bond motifs is 9. The SMILES string of the molecule is CC1C2CC(C3C4CCC(C4)C23)C1S(=O)[O-]. The van der Waals surface area contributed by atoms with Crippen LogP contribution in [0.25, 0.3) is 0 Å². The van der Waals surface area contributed by atoms with Crippen LogP contribution in [0.2, 0.25) is 0 Å². The minimum atomic E-state index is -1.83. The quantitative estimate of drug-likeness (QED) is 0.520. The summed E-state index contributed by atoms with van der Waals surface area (Å²) >= 11 is -1.83. The van der Waals surface area contributed by atoms with E-state index in [2.05, 4.69) is 6.92 Å². The zero-order valence-electron chi connectivity index (χ0n) is 9.67. The third-order valence-corrected chi connectivity index (χ3v) is 7.64. The maximum absolute atomic E-state index is 11.4. The molecule has 0 heterocycles. The maximum Gasteiger partial charge on any atom is 0.0275 e. The summed E-state index contributed by atoms with van der Waals surface area (Å²) in [5, 5.41) is -0.00870. The predicted octanol–water partition coefficient (Wildman–Crippen LogP) is 2.18. The highest BCUT2D eigenvalue weighted by Gasteiger charge is 2.64. The molecule has 0 aromatic rings. The van der Waals surface area contributed by atoms with Gasteiger partial charge >= 0.3 is 0 Å². The third kappa shape index (κ3) is 1.01. The van der Waals surface area contributed by atoms with Crippen LogP contribution in [0.4, 0.5) is 0 Å². The monoisotopic (exact) mass is 239 g/mol. The van der Waals surface area contributed by atoms with Gasteiger partial charge in [-0.2, -0.15) is 0 Å². The molecule has 9 atom stereocenters. The van der Waals surface area contributed by atoms with Crippen molar-refractivity contribution >= 4 is 11.1 Å². The Labute approximate surface area is 99.5 Å². The van der Waals surface area contributed by atoms with Crippen LogP contribution in [0, 0.1) is 41.4 Å². The maximum atomic E-state index is 11.4. The highest BCUT2D eigenvalue weighted by Crippen LogP contribution is 2.69. The van der Waals surface area contributed by atoms with Crippen LogP contribution in [-0.4, -0.2) is 14.0 Å².